The van der Waals surface area contributed by atoms with E-state index in [9.17, 15) is 13.2 Å². The van der Waals surface area contributed by atoms with E-state index in [1.165, 1.54) is 4.31 Å². The maximum absolute atomic E-state index is 12.4. The Morgan fingerprint density at radius 2 is 2.10 bits per heavy atom. The van der Waals surface area contributed by atoms with Crippen LogP contribution >= 0.6 is 0 Å². The fraction of sp³-hybridized carbons (Fsp3) is 0.923. The van der Waals surface area contributed by atoms with Crippen LogP contribution in [0.25, 0.3) is 0 Å². The Labute approximate surface area is 126 Å². The summed E-state index contributed by atoms with van der Waals surface area (Å²) < 4.78 is 34.0. The zero-order valence-electron chi connectivity index (χ0n) is 12.5. The van der Waals surface area contributed by atoms with Crippen molar-refractivity contribution in [3.8, 4) is 0 Å². The standard InChI is InChI=1S/C13H25N3O4S/c1-11-3-2-6-16(9-11)21(18,19)15-10-13(12(14)17)4-7-20-8-5-13/h11,15H,2-10H2,1H3,(H2,14,17). The second kappa shape index (κ2) is 6.60. The van der Waals surface area contributed by atoms with E-state index < -0.39 is 21.5 Å². The van der Waals surface area contributed by atoms with E-state index in [0.717, 1.165) is 12.8 Å². The largest absolute Gasteiger partial charge is 0.381 e. The number of hydrogen-bond donors (Lipinski definition) is 2. The second-order valence-electron chi connectivity index (χ2n) is 6.19. The van der Waals surface area contributed by atoms with Gasteiger partial charge in [-0.2, -0.15) is 12.7 Å². The molecule has 0 aromatic rings. The lowest BCUT2D eigenvalue weighted by molar-refractivity contribution is -0.132. The SMILES string of the molecule is CC1CCCN(S(=O)(=O)NCC2(C(N)=O)CCOCC2)C1. The molecule has 2 fully saturated rings. The molecule has 8 heteroatoms. The van der Waals surface area contributed by atoms with Gasteiger partial charge in [0.1, 0.15) is 0 Å². The molecular weight excluding hydrogens is 294 g/mol. The predicted molar refractivity (Wildman–Crippen MR) is 78.6 cm³/mol. The lowest BCUT2D eigenvalue weighted by atomic mass is 9.80. The molecule has 0 saturated carbocycles. The normalized spacial score (nSPS) is 27.4. The number of carbonyl (C=O) groups excluding carboxylic acids is 1. The van der Waals surface area contributed by atoms with Crippen molar-refractivity contribution in [3.63, 3.8) is 0 Å². The maximum Gasteiger partial charge on any atom is 0.279 e. The van der Waals surface area contributed by atoms with Crippen LogP contribution in [0.2, 0.25) is 0 Å². The van der Waals surface area contributed by atoms with Crippen molar-refractivity contribution >= 4 is 16.1 Å². The molecule has 2 heterocycles. The Balaban J connectivity index is 2.00. The summed E-state index contributed by atoms with van der Waals surface area (Å²) >= 11 is 0. The zero-order chi connectivity index (χ0) is 15.5. The van der Waals surface area contributed by atoms with Crippen molar-refractivity contribution in [1.82, 2.24) is 9.03 Å². The third-order valence-corrected chi connectivity index (χ3v) is 6.05. The van der Waals surface area contributed by atoms with Crippen LogP contribution in [-0.4, -0.2) is 51.5 Å². The Morgan fingerprint density at radius 1 is 1.43 bits per heavy atom. The highest BCUT2D eigenvalue weighted by molar-refractivity contribution is 7.87. The van der Waals surface area contributed by atoms with Gasteiger partial charge in [-0.25, -0.2) is 4.72 Å². The number of ether oxygens (including phenoxy) is 1. The van der Waals surface area contributed by atoms with Crippen LogP contribution in [0.5, 0.6) is 0 Å². The van der Waals surface area contributed by atoms with Crippen LogP contribution in [0.1, 0.15) is 32.6 Å². The summed E-state index contributed by atoms with van der Waals surface area (Å²) in [4.78, 5) is 11.7. The number of carbonyl (C=O) groups is 1. The third-order valence-electron chi connectivity index (χ3n) is 4.53. The molecule has 0 bridgehead atoms. The van der Waals surface area contributed by atoms with Crippen molar-refractivity contribution in [3.05, 3.63) is 0 Å². The highest BCUT2D eigenvalue weighted by Gasteiger charge is 2.40. The van der Waals surface area contributed by atoms with Crippen molar-refractivity contribution in [1.29, 1.82) is 0 Å². The first-order chi connectivity index (χ1) is 9.86. The van der Waals surface area contributed by atoms with Gasteiger partial charge in [0.25, 0.3) is 10.2 Å². The molecule has 2 aliphatic rings. The van der Waals surface area contributed by atoms with Gasteiger partial charge in [0.05, 0.1) is 5.41 Å². The first-order valence-electron chi connectivity index (χ1n) is 7.48. The van der Waals surface area contributed by atoms with Gasteiger partial charge in [-0.3, -0.25) is 4.79 Å². The van der Waals surface area contributed by atoms with Crippen molar-refractivity contribution < 1.29 is 17.9 Å². The highest BCUT2D eigenvalue weighted by Crippen LogP contribution is 2.30. The Bertz CT molecular complexity index is 474. The molecule has 0 spiro atoms. The molecule has 2 aliphatic heterocycles. The van der Waals surface area contributed by atoms with Gasteiger partial charge in [-0.05, 0) is 31.6 Å². The minimum atomic E-state index is -3.55. The van der Waals surface area contributed by atoms with Crippen LogP contribution in [-0.2, 0) is 19.7 Å². The van der Waals surface area contributed by atoms with E-state index in [1.54, 1.807) is 0 Å². The summed E-state index contributed by atoms with van der Waals surface area (Å²) in [5.74, 6) is -0.0935. The average Bonchev–Trinajstić information content (AvgIpc) is 2.46. The predicted octanol–water partition coefficient (Wildman–Crippen LogP) is -0.165. The molecule has 21 heavy (non-hydrogen) atoms. The Morgan fingerprint density at radius 3 is 2.67 bits per heavy atom. The summed E-state index contributed by atoms with van der Waals surface area (Å²) in [5, 5.41) is 0. The fourth-order valence-corrected chi connectivity index (χ4v) is 4.42. The molecule has 0 aromatic heterocycles. The van der Waals surface area contributed by atoms with Crippen molar-refractivity contribution in [2.24, 2.45) is 17.1 Å². The van der Waals surface area contributed by atoms with Gasteiger partial charge in [-0.15, -0.1) is 0 Å². The van der Waals surface area contributed by atoms with Gasteiger partial charge in [0, 0.05) is 32.8 Å². The number of piperidine rings is 1. The van der Waals surface area contributed by atoms with Crippen LogP contribution in [0.4, 0.5) is 0 Å². The summed E-state index contributed by atoms with van der Waals surface area (Å²) in [6.07, 6.45) is 2.84. The lowest BCUT2D eigenvalue weighted by Gasteiger charge is -2.36. The topological polar surface area (TPSA) is 102 Å². The highest BCUT2D eigenvalue weighted by atomic mass is 32.2. The Kier molecular flexibility index (Phi) is 5.24. The average molecular weight is 319 g/mol. The summed E-state index contributed by atoms with van der Waals surface area (Å²) in [5.41, 5.74) is 4.66. The molecule has 7 nitrogen and oxygen atoms in total. The van der Waals surface area contributed by atoms with Gasteiger partial charge in [0.15, 0.2) is 0 Å². The van der Waals surface area contributed by atoms with E-state index in [2.05, 4.69) is 4.72 Å². The van der Waals surface area contributed by atoms with E-state index >= 15 is 0 Å². The smallest absolute Gasteiger partial charge is 0.279 e. The van der Waals surface area contributed by atoms with Crippen LogP contribution in [0.15, 0.2) is 0 Å². The van der Waals surface area contributed by atoms with E-state index in [4.69, 9.17) is 10.5 Å². The first kappa shape index (κ1) is 16.7. The van der Waals surface area contributed by atoms with Crippen LogP contribution in [0, 0.1) is 11.3 Å². The summed E-state index contributed by atoms with van der Waals surface area (Å²) in [6.45, 7) is 4.04. The quantitative estimate of drug-likeness (QED) is 0.735. The van der Waals surface area contributed by atoms with E-state index in [0.29, 0.717) is 45.1 Å². The van der Waals surface area contributed by atoms with Crippen LogP contribution < -0.4 is 10.5 Å². The number of amides is 1. The minimum Gasteiger partial charge on any atom is -0.381 e. The van der Waals surface area contributed by atoms with Gasteiger partial charge >= 0.3 is 0 Å². The third kappa shape index (κ3) is 3.94. The second-order valence-corrected chi connectivity index (χ2v) is 7.94. The van der Waals surface area contributed by atoms with Crippen LogP contribution in [0.3, 0.4) is 0 Å². The monoisotopic (exact) mass is 319 g/mol. The van der Waals surface area contributed by atoms with Gasteiger partial charge in [-0.1, -0.05) is 6.92 Å². The molecular formula is C13H25N3O4S. The molecule has 1 unspecified atom stereocenters. The molecule has 0 aliphatic carbocycles. The molecule has 2 rings (SSSR count). The van der Waals surface area contributed by atoms with Crippen molar-refractivity contribution in [2.75, 3.05) is 32.8 Å². The number of primary amides is 1. The Hall–Kier alpha value is -0.700. The maximum atomic E-state index is 12.4. The number of rotatable bonds is 5. The number of nitrogens with one attached hydrogen (secondary N) is 1. The van der Waals surface area contributed by atoms with Crippen molar-refractivity contribution in [2.45, 2.75) is 32.6 Å². The number of hydrogen-bond acceptors (Lipinski definition) is 4. The molecule has 122 valence electrons. The summed E-state index contributed by atoms with van der Waals surface area (Å²) in [6, 6.07) is 0. The fourth-order valence-electron chi connectivity index (χ4n) is 2.96. The zero-order valence-corrected chi connectivity index (χ0v) is 13.3. The lowest BCUT2D eigenvalue weighted by Crippen LogP contribution is -2.53. The first-order valence-corrected chi connectivity index (χ1v) is 8.92. The number of nitrogens with two attached hydrogens (primary N) is 1. The molecule has 2 saturated heterocycles. The molecule has 1 atom stereocenters. The minimum absolute atomic E-state index is 0.0545. The van der Waals surface area contributed by atoms with Gasteiger partial charge < -0.3 is 10.5 Å². The molecule has 1 amide bonds. The van der Waals surface area contributed by atoms with E-state index in [1.807, 2.05) is 6.92 Å². The molecule has 0 radical (unpaired) electrons. The number of nitrogens with zero attached hydrogens (tertiary/aromatic N) is 1. The summed E-state index contributed by atoms with van der Waals surface area (Å²) in [7, 11) is -3.55. The molecule has 3 N–H and O–H groups in total. The van der Waals surface area contributed by atoms with Gasteiger partial charge in [0.2, 0.25) is 5.91 Å². The molecule has 0 aromatic carbocycles. The van der Waals surface area contributed by atoms with E-state index in [-0.39, 0.29) is 6.54 Å².